The van der Waals surface area contributed by atoms with Crippen LogP contribution in [-0.2, 0) is 5.60 Å². The number of aliphatic hydroxyl groups is 1. The summed E-state index contributed by atoms with van der Waals surface area (Å²) in [5.74, 6) is 0.465. The third kappa shape index (κ3) is 1.40. The Morgan fingerprint density at radius 3 is 2.69 bits per heavy atom. The van der Waals surface area contributed by atoms with Crippen molar-refractivity contribution >= 4 is 5.82 Å². The highest BCUT2D eigenvalue weighted by Gasteiger charge is 2.34. The van der Waals surface area contributed by atoms with Crippen molar-refractivity contribution in [3.05, 3.63) is 23.9 Å². The molecular weight excluding hydrogens is 164 g/mol. The number of hydrogen-bond acceptors (Lipinski definition) is 3. The Bertz CT molecular complexity index is 306. The second-order valence-electron chi connectivity index (χ2n) is 3.67. The fourth-order valence-corrected chi connectivity index (χ4v) is 2.04. The summed E-state index contributed by atoms with van der Waals surface area (Å²) in [4.78, 5) is 3.99. The first-order chi connectivity index (χ1) is 6.22. The zero-order valence-electron chi connectivity index (χ0n) is 7.53. The summed E-state index contributed by atoms with van der Waals surface area (Å²) < 4.78 is 0. The monoisotopic (exact) mass is 178 g/mol. The molecule has 1 aliphatic carbocycles. The number of aromatic nitrogens is 1. The van der Waals surface area contributed by atoms with E-state index in [0.717, 1.165) is 31.2 Å². The van der Waals surface area contributed by atoms with Crippen molar-refractivity contribution in [2.45, 2.75) is 31.3 Å². The first-order valence-electron chi connectivity index (χ1n) is 4.66. The van der Waals surface area contributed by atoms with Gasteiger partial charge in [0.15, 0.2) is 0 Å². The smallest absolute Gasteiger partial charge is 0.129 e. The highest BCUT2D eigenvalue weighted by molar-refractivity contribution is 5.43. The van der Waals surface area contributed by atoms with Crippen molar-refractivity contribution in [3.8, 4) is 0 Å². The van der Waals surface area contributed by atoms with Crippen LogP contribution in [0.1, 0.15) is 31.2 Å². The lowest BCUT2D eigenvalue weighted by atomic mass is 9.93. The standard InChI is InChI=1S/C10H14N2O/c11-9-8(4-3-7-12-9)10(13)5-1-2-6-10/h3-4,7,13H,1-2,5-6H2,(H2,11,12). The van der Waals surface area contributed by atoms with Gasteiger partial charge in [-0.3, -0.25) is 0 Å². The van der Waals surface area contributed by atoms with Gasteiger partial charge in [-0.05, 0) is 18.9 Å². The van der Waals surface area contributed by atoms with Gasteiger partial charge in [0, 0.05) is 11.8 Å². The Morgan fingerprint density at radius 1 is 1.38 bits per heavy atom. The van der Waals surface area contributed by atoms with Gasteiger partial charge in [-0.1, -0.05) is 18.9 Å². The first kappa shape index (κ1) is 8.51. The zero-order valence-corrected chi connectivity index (χ0v) is 7.53. The van der Waals surface area contributed by atoms with Crippen LogP contribution >= 0.6 is 0 Å². The van der Waals surface area contributed by atoms with Crippen LogP contribution < -0.4 is 5.73 Å². The van der Waals surface area contributed by atoms with Crippen LogP contribution in [0.3, 0.4) is 0 Å². The van der Waals surface area contributed by atoms with Gasteiger partial charge in [-0.15, -0.1) is 0 Å². The quantitative estimate of drug-likeness (QED) is 0.683. The van der Waals surface area contributed by atoms with Crippen molar-refractivity contribution < 1.29 is 5.11 Å². The summed E-state index contributed by atoms with van der Waals surface area (Å²) in [6.07, 6.45) is 5.42. The molecule has 0 atom stereocenters. The third-order valence-corrected chi connectivity index (χ3v) is 2.77. The Kier molecular flexibility index (Phi) is 1.96. The van der Waals surface area contributed by atoms with Crippen molar-refractivity contribution in [2.75, 3.05) is 5.73 Å². The van der Waals surface area contributed by atoms with Gasteiger partial charge in [0.05, 0.1) is 5.60 Å². The largest absolute Gasteiger partial charge is 0.385 e. The van der Waals surface area contributed by atoms with E-state index < -0.39 is 5.60 Å². The third-order valence-electron chi connectivity index (χ3n) is 2.77. The van der Waals surface area contributed by atoms with Crippen molar-refractivity contribution in [3.63, 3.8) is 0 Å². The Labute approximate surface area is 77.6 Å². The van der Waals surface area contributed by atoms with Crippen molar-refractivity contribution in [1.82, 2.24) is 4.98 Å². The highest BCUT2D eigenvalue weighted by Crippen LogP contribution is 2.40. The van der Waals surface area contributed by atoms with E-state index in [-0.39, 0.29) is 0 Å². The van der Waals surface area contributed by atoms with Gasteiger partial charge in [0.1, 0.15) is 5.82 Å². The predicted molar refractivity (Wildman–Crippen MR) is 51.0 cm³/mol. The minimum atomic E-state index is -0.710. The molecule has 0 radical (unpaired) electrons. The van der Waals surface area contributed by atoms with Crippen molar-refractivity contribution in [1.29, 1.82) is 0 Å². The van der Waals surface area contributed by atoms with E-state index in [9.17, 15) is 5.11 Å². The molecule has 0 spiro atoms. The van der Waals surface area contributed by atoms with Crippen LogP contribution in [0.2, 0.25) is 0 Å². The summed E-state index contributed by atoms with van der Waals surface area (Å²) in [6, 6.07) is 3.69. The molecule has 3 heteroatoms. The van der Waals surface area contributed by atoms with Gasteiger partial charge in [0.2, 0.25) is 0 Å². The number of pyridine rings is 1. The van der Waals surface area contributed by atoms with E-state index in [0.29, 0.717) is 5.82 Å². The molecule has 0 saturated heterocycles. The summed E-state index contributed by atoms with van der Waals surface area (Å²) in [7, 11) is 0. The molecule has 70 valence electrons. The van der Waals surface area contributed by atoms with Gasteiger partial charge in [-0.25, -0.2) is 4.98 Å². The molecule has 0 amide bonds. The molecule has 1 aromatic rings. The second kappa shape index (κ2) is 3.00. The molecule has 0 aromatic carbocycles. The fraction of sp³-hybridized carbons (Fsp3) is 0.500. The normalized spacial score (nSPS) is 20.4. The lowest BCUT2D eigenvalue weighted by Crippen LogP contribution is -2.22. The molecule has 2 rings (SSSR count). The van der Waals surface area contributed by atoms with Gasteiger partial charge >= 0.3 is 0 Å². The van der Waals surface area contributed by atoms with Gasteiger partial charge in [0.25, 0.3) is 0 Å². The van der Waals surface area contributed by atoms with E-state index in [1.165, 1.54) is 0 Å². The van der Waals surface area contributed by atoms with E-state index in [1.54, 1.807) is 6.20 Å². The molecule has 1 aromatic heterocycles. The summed E-state index contributed by atoms with van der Waals surface area (Å²) in [6.45, 7) is 0. The fourth-order valence-electron chi connectivity index (χ4n) is 2.04. The van der Waals surface area contributed by atoms with E-state index in [1.807, 2.05) is 12.1 Å². The molecule has 3 nitrogen and oxygen atoms in total. The number of nitrogen functional groups attached to an aromatic ring is 1. The number of anilines is 1. The topological polar surface area (TPSA) is 59.1 Å². The van der Waals surface area contributed by atoms with Crippen LogP contribution in [0, 0.1) is 0 Å². The van der Waals surface area contributed by atoms with E-state index >= 15 is 0 Å². The SMILES string of the molecule is Nc1ncccc1C1(O)CCCC1. The molecule has 0 unspecified atom stereocenters. The van der Waals surface area contributed by atoms with Crippen LogP contribution in [0.15, 0.2) is 18.3 Å². The maximum absolute atomic E-state index is 10.2. The zero-order chi connectivity index (χ0) is 9.31. The Hall–Kier alpha value is -1.09. The van der Waals surface area contributed by atoms with Crippen LogP contribution in [0.25, 0.3) is 0 Å². The minimum Gasteiger partial charge on any atom is -0.385 e. The van der Waals surface area contributed by atoms with Crippen LogP contribution in [0.4, 0.5) is 5.82 Å². The second-order valence-corrected chi connectivity index (χ2v) is 3.67. The van der Waals surface area contributed by atoms with Crippen LogP contribution in [-0.4, -0.2) is 10.1 Å². The molecule has 1 saturated carbocycles. The lowest BCUT2D eigenvalue weighted by Gasteiger charge is -2.23. The molecule has 1 fully saturated rings. The summed E-state index contributed by atoms with van der Waals surface area (Å²) >= 11 is 0. The maximum atomic E-state index is 10.2. The van der Waals surface area contributed by atoms with Gasteiger partial charge in [-0.2, -0.15) is 0 Å². The summed E-state index contributed by atoms with van der Waals surface area (Å²) in [5, 5.41) is 10.2. The number of nitrogens with two attached hydrogens (primary N) is 1. The molecule has 1 aliphatic rings. The molecule has 1 heterocycles. The predicted octanol–water partition coefficient (Wildman–Crippen LogP) is 1.43. The average molecular weight is 178 g/mol. The molecule has 0 aliphatic heterocycles. The Morgan fingerprint density at radius 2 is 2.08 bits per heavy atom. The van der Waals surface area contributed by atoms with Crippen molar-refractivity contribution in [2.24, 2.45) is 0 Å². The minimum absolute atomic E-state index is 0.465. The Balaban J connectivity index is 2.39. The van der Waals surface area contributed by atoms with Gasteiger partial charge < -0.3 is 10.8 Å². The maximum Gasteiger partial charge on any atom is 0.129 e. The van der Waals surface area contributed by atoms with E-state index in [2.05, 4.69) is 4.98 Å². The van der Waals surface area contributed by atoms with E-state index in [4.69, 9.17) is 5.73 Å². The van der Waals surface area contributed by atoms with Crippen LogP contribution in [0.5, 0.6) is 0 Å². The lowest BCUT2D eigenvalue weighted by molar-refractivity contribution is 0.0450. The average Bonchev–Trinajstić information content (AvgIpc) is 2.54. The highest BCUT2D eigenvalue weighted by atomic mass is 16.3. The molecular formula is C10H14N2O. The number of nitrogens with zero attached hydrogens (tertiary/aromatic N) is 1. The molecule has 3 N–H and O–H groups in total. The number of rotatable bonds is 1. The number of hydrogen-bond donors (Lipinski definition) is 2. The molecule has 13 heavy (non-hydrogen) atoms. The summed E-state index contributed by atoms with van der Waals surface area (Å²) in [5.41, 5.74) is 5.80. The first-order valence-corrected chi connectivity index (χ1v) is 4.66. The molecule has 0 bridgehead atoms.